The van der Waals surface area contributed by atoms with Gasteiger partial charge < -0.3 is 15.4 Å². The van der Waals surface area contributed by atoms with Gasteiger partial charge >= 0.3 is 0 Å². The summed E-state index contributed by atoms with van der Waals surface area (Å²) in [4.78, 5) is 18.8. The number of para-hydroxylation sites is 1. The minimum atomic E-state index is -0.530. The van der Waals surface area contributed by atoms with Crippen LogP contribution in [-0.4, -0.2) is 26.2 Å². The van der Waals surface area contributed by atoms with Gasteiger partial charge in [-0.05, 0) is 54.5 Å². The number of aromatic nitrogens is 3. The number of aromatic hydroxyl groups is 1. The molecule has 1 aliphatic rings. The number of hydrogen-bond donors (Lipinski definition) is 4. The number of nitrogens with zero attached hydrogens (tertiary/aromatic N) is 1. The number of rotatable bonds is 2. The third-order valence-corrected chi connectivity index (χ3v) is 5.64. The average molecular weight is 408 g/mol. The van der Waals surface area contributed by atoms with Crippen LogP contribution in [0.25, 0.3) is 16.6 Å². The lowest BCUT2D eigenvalue weighted by Gasteiger charge is -2.25. The molecule has 8 heteroatoms. The van der Waals surface area contributed by atoms with E-state index in [0.29, 0.717) is 12.2 Å². The minimum Gasteiger partial charge on any atom is -0.494 e. The lowest BCUT2D eigenvalue weighted by molar-refractivity contribution is 0.412. The maximum Gasteiger partial charge on any atom is 0.260 e. The summed E-state index contributed by atoms with van der Waals surface area (Å²) < 4.78 is 14.7. The highest BCUT2D eigenvalue weighted by atomic mass is 32.1. The van der Waals surface area contributed by atoms with E-state index in [-0.39, 0.29) is 16.2 Å². The molecular weight excluding hydrogens is 391 g/mol. The van der Waals surface area contributed by atoms with Crippen molar-refractivity contribution < 1.29 is 9.50 Å². The number of benzene rings is 2. The smallest absolute Gasteiger partial charge is 0.260 e. The Morgan fingerprint density at radius 3 is 2.66 bits per heavy atom. The lowest BCUT2D eigenvalue weighted by Crippen LogP contribution is -2.35. The van der Waals surface area contributed by atoms with Crippen molar-refractivity contribution in [3.8, 4) is 11.6 Å². The Balaban J connectivity index is 1.74. The van der Waals surface area contributed by atoms with E-state index in [4.69, 9.17) is 12.2 Å². The Hall–Kier alpha value is -3.23. The van der Waals surface area contributed by atoms with Crippen LogP contribution in [0, 0.1) is 10.6 Å². The maximum atomic E-state index is 13.3. The summed E-state index contributed by atoms with van der Waals surface area (Å²) in [6, 6.07) is 13.0. The number of aromatic amines is 2. The average Bonchev–Trinajstić information content (AvgIpc) is 3.09. The Bertz CT molecular complexity index is 1350. The quantitative estimate of drug-likeness (QED) is 0.383. The van der Waals surface area contributed by atoms with E-state index < -0.39 is 17.4 Å². The molecule has 0 bridgehead atoms. The van der Waals surface area contributed by atoms with Crippen molar-refractivity contribution in [2.75, 3.05) is 6.54 Å². The zero-order chi connectivity index (χ0) is 20.1. The predicted octanol–water partition coefficient (Wildman–Crippen LogP) is 3.46. The Kier molecular flexibility index (Phi) is 4.11. The van der Waals surface area contributed by atoms with E-state index in [1.165, 1.54) is 28.8 Å². The molecule has 5 rings (SSSR count). The summed E-state index contributed by atoms with van der Waals surface area (Å²) in [5, 5.41) is 15.5. The Morgan fingerprint density at radius 1 is 1.10 bits per heavy atom. The van der Waals surface area contributed by atoms with Crippen LogP contribution in [0.5, 0.6) is 5.88 Å². The first-order valence-electron chi connectivity index (χ1n) is 9.21. The van der Waals surface area contributed by atoms with E-state index in [9.17, 15) is 14.3 Å². The van der Waals surface area contributed by atoms with Gasteiger partial charge in [0.05, 0.1) is 11.7 Å². The van der Waals surface area contributed by atoms with E-state index >= 15 is 0 Å². The molecule has 1 atom stereocenters. The van der Waals surface area contributed by atoms with Crippen molar-refractivity contribution in [3.63, 3.8) is 0 Å². The highest BCUT2D eigenvalue weighted by Crippen LogP contribution is 2.35. The number of fused-ring (bicyclic) bond motifs is 3. The van der Waals surface area contributed by atoms with E-state index in [0.717, 1.165) is 28.6 Å². The first-order valence-corrected chi connectivity index (χ1v) is 9.62. The molecule has 0 fully saturated rings. The molecule has 146 valence electrons. The lowest BCUT2D eigenvalue weighted by atomic mass is 9.95. The van der Waals surface area contributed by atoms with Crippen molar-refractivity contribution in [1.82, 2.24) is 19.9 Å². The second-order valence-corrected chi connectivity index (χ2v) is 7.40. The first kappa shape index (κ1) is 17.8. The van der Waals surface area contributed by atoms with Crippen LogP contribution in [-0.2, 0) is 6.42 Å². The molecule has 0 saturated heterocycles. The second-order valence-electron chi connectivity index (χ2n) is 7.01. The first-order chi connectivity index (χ1) is 14.0. The third kappa shape index (κ3) is 2.80. The topological polar surface area (TPSA) is 85.8 Å². The summed E-state index contributed by atoms with van der Waals surface area (Å²) >= 11 is 5.26. The standard InChI is InChI=1S/C21H17FN4O2S/c22-11-5-7-12(8-6-11)26-20(28)16(19(27)25-21(26)29)18-17-14(9-10-23-18)13-3-1-2-4-15(13)24-17/h1-8,18,23-24,28H,9-10H2,(H,25,27,29)/t18-/m0/s1. The number of H-pyrrole nitrogens is 2. The van der Waals surface area contributed by atoms with Crippen molar-refractivity contribution in [2.45, 2.75) is 12.5 Å². The van der Waals surface area contributed by atoms with Gasteiger partial charge in [-0.25, -0.2) is 4.39 Å². The molecule has 0 saturated carbocycles. The highest BCUT2D eigenvalue weighted by Gasteiger charge is 2.30. The van der Waals surface area contributed by atoms with E-state index in [1.54, 1.807) is 0 Å². The van der Waals surface area contributed by atoms with Gasteiger partial charge in [-0.1, -0.05) is 18.2 Å². The molecule has 1 aliphatic heterocycles. The molecule has 4 aromatic rings. The molecule has 0 amide bonds. The van der Waals surface area contributed by atoms with Gasteiger partial charge in [0.15, 0.2) is 4.77 Å². The molecule has 2 aromatic heterocycles. The summed E-state index contributed by atoms with van der Waals surface area (Å²) in [5.41, 5.74) is 3.11. The van der Waals surface area contributed by atoms with Crippen molar-refractivity contribution >= 4 is 23.1 Å². The minimum absolute atomic E-state index is 0.0375. The molecule has 4 N–H and O–H groups in total. The molecule has 29 heavy (non-hydrogen) atoms. The van der Waals surface area contributed by atoms with Gasteiger partial charge in [0.25, 0.3) is 5.56 Å². The van der Waals surface area contributed by atoms with Crippen LogP contribution in [0.3, 0.4) is 0 Å². The monoisotopic (exact) mass is 408 g/mol. The molecule has 0 aliphatic carbocycles. The van der Waals surface area contributed by atoms with Gasteiger partial charge in [0.2, 0.25) is 5.88 Å². The van der Waals surface area contributed by atoms with Crippen LogP contribution >= 0.6 is 12.2 Å². The van der Waals surface area contributed by atoms with Gasteiger partial charge in [0.1, 0.15) is 11.4 Å². The fraction of sp³-hybridized carbons (Fsp3) is 0.143. The molecule has 2 aromatic carbocycles. The van der Waals surface area contributed by atoms with Crippen LogP contribution in [0.2, 0.25) is 0 Å². The zero-order valence-corrected chi connectivity index (χ0v) is 16.0. The number of nitrogens with one attached hydrogen (secondary N) is 3. The zero-order valence-electron chi connectivity index (χ0n) is 15.2. The largest absolute Gasteiger partial charge is 0.494 e. The van der Waals surface area contributed by atoms with Crippen molar-refractivity contribution in [2.24, 2.45) is 0 Å². The second kappa shape index (κ2) is 6.68. The molecule has 0 unspecified atom stereocenters. The third-order valence-electron chi connectivity index (χ3n) is 5.35. The summed E-state index contributed by atoms with van der Waals surface area (Å²) in [6.07, 6.45) is 0.811. The summed E-state index contributed by atoms with van der Waals surface area (Å²) in [5.74, 6) is -0.671. The molecule has 3 heterocycles. The number of halogens is 1. The van der Waals surface area contributed by atoms with Crippen molar-refractivity contribution in [3.05, 3.63) is 86.3 Å². The highest BCUT2D eigenvalue weighted by molar-refractivity contribution is 7.71. The normalized spacial score (nSPS) is 16.1. The van der Waals surface area contributed by atoms with Crippen LogP contribution in [0.15, 0.2) is 53.3 Å². The SMILES string of the molecule is O=c1[nH]c(=S)n(-c2ccc(F)cc2)c(O)c1[C@@H]1NCCc2c1[nH]c1ccccc21. The van der Waals surface area contributed by atoms with E-state index in [2.05, 4.69) is 15.3 Å². The van der Waals surface area contributed by atoms with Gasteiger partial charge in [-0.3, -0.25) is 14.3 Å². The Labute approximate surface area is 169 Å². The Morgan fingerprint density at radius 2 is 1.86 bits per heavy atom. The number of hydrogen-bond acceptors (Lipinski definition) is 4. The van der Waals surface area contributed by atoms with Crippen molar-refractivity contribution in [1.29, 1.82) is 0 Å². The summed E-state index contributed by atoms with van der Waals surface area (Å²) in [7, 11) is 0. The van der Waals surface area contributed by atoms with Crippen LogP contribution < -0.4 is 10.9 Å². The molecule has 6 nitrogen and oxygen atoms in total. The van der Waals surface area contributed by atoms with E-state index in [1.807, 2.05) is 24.3 Å². The molecule has 0 radical (unpaired) electrons. The van der Waals surface area contributed by atoms with Gasteiger partial charge in [0, 0.05) is 23.1 Å². The summed E-state index contributed by atoms with van der Waals surface area (Å²) in [6.45, 7) is 0.657. The predicted molar refractivity (Wildman–Crippen MR) is 111 cm³/mol. The molecular formula is C21H17FN4O2S. The molecule has 0 spiro atoms. The van der Waals surface area contributed by atoms with Crippen LogP contribution in [0.4, 0.5) is 4.39 Å². The van der Waals surface area contributed by atoms with Gasteiger partial charge in [-0.2, -0.15) is 0 Å². The van der Waals surface area contributed by atoms with Gasteiger partial charge in [-0.15, -0.1) is 0 Å². The van der Waals surface area contributed by atoms with Crippen LogP contribution in [0.1, 0.15) is 22.9 Å². The fourth-order valence-electron chi connectivity index (χ4n) is 4.06. The maximum absolute atomic E-state index is 13.3. The fourth-order valence-corrected chi connectivity index (χ4v) is 4.34.